The van der Waals surface area contributed by atoms with Crippen molar-refractivity contribution in [1.82, 2.24) is 19.5 Å². The summed E-state index contributed by atoms with van der Waals surface area (Å²) < 4.78 is 7.16. The van der Waals surface area contributed by atoms with Crippen molar-refractivity contribution >= 4 is 11.2 Å². The first-order valence-electron chi connectivity index (χ1n) is 7.07. The van der Waals surface area contributed by atoms with Crippen molar-refractivity contribution in [1.29, 1.82) is 0 Å². The zero-order valence-corrected chi connectivity index (χ0v) is 12.3. The van der Waals surface area contributed by atoms with Crippen molar-refractivity contribution in [3.05, 3.63) is 42.6 Å². The highest BCUT2D eigenvalue weighted by Gasteiger charge is 2.11. The van der Waals surface area contributed by atoms with Gasteiger partial charge >= 0.3 is 0 Å². The summed E-state index contributed by atoms with van der Waals surface area (Å²) in [5, 5.41) is 0. The largest absolute Gasteiger partial charge is 0.383 e. The number of aryl methyl sites for hydroxylation is 1. The number of hydrogen-bond donors (Lipinski definition) is 0. The van der Waals surface area contributed by atoms with Gasteiger partial charge in [-0.2, -0.15) is 0 Å². The Morgan fingerprint density at radius 1 is 1.33 bits per heavy atom. The molecule has 21 heavy (non-hydrogen) atoms. The van der Waals surface area contributed by atoms with Crippen LogP contribution in [-0.4, -0.2) is 33.2 Å². The van der Waals surface area contributed by atoms with E-state index >= 15 is 0 Å². The second kappa shape index (κ2) is 6.01. The van der Waals surface area contributed by atoms with E-state index in [2.05, 4.69) is 29.0 Å². The third kappa shape index (κ3) is 2.64. The first kappa shape index (κ1) is 13.7. The molecular formula is C16H18N4O. The Bertz CT molecular complexity index is 737. The summed E-state index contributed by atoms with van der Waals surface area (Å²) in [6.45, 7) is 3.53. The summed E-state index contributed by atoms with van der Waals surface area (Å²) in [6.07, 6.45) is 6.34. The smallest absolute Gasteiger partial charge is 0.160 e. The van der Waals surface area contributed by atoms with Gasteiger partial charge < -0.3 is 9.30 Å². The maximum absolute atomic E-state index is 5.13. The van der Waals surface area contributed by atoms with Crippen LogP contribution in [0.3, 0.4) is 0 Å². The summed E-state index contributed by atoms with van der Waals surface area (Å²) in [6, 6.07) is 6.09. The highest BCUT2D eigenvalue weighted by atomic mass is 16.5. The summed E-state index contributed by atoms with van der Waals surface area (Å²) in [5.41, 5.74) is 5.07. The van der Waals surface area contributed by atoms with Gasteiger partial charge in [0.2, 0.25) is 0 Å². The molecule has 0 N–H and O–H groups in total. The van der Waals surface area contributed by atoms with Crippen LogP contribution in [0, 0.1) is 0 Å². The molecule has 0 aliphatic heterocycles. The van der Waals surface area contributed by atoms with Crippen molar-refractivity contribution in [2.75, 3.05) is 13.7 Å². The van der Waals surface area contributed by atoms with Crippen LogP contribution in [-0.2, 0) is 17.7 Å². The molecule has 0 spiro atoms. The first-order chi connectivity index (χ1) is 10.3. The van der Waals surface area contributed by atoms with Gasteiger partial charge in [0.05, 0.1) is 18.6 Å². The molecule has 0 aromatic carbocycles. The highest BCUT2D eigenvalue weighted by Crippen LogP contribution is 2.25. The van der Waals surface area contributed by atoms with Gasteiger partial charge in [0.1, 0.15) is 5.52 Å². The van der Waals surface area contributed by atoms with Crippen molar-refractivity contribution in [2.24, 2.45) is 0 Å². The molecule has 5 heteroatoms. The fraction of sp³-hybridized carbons (Fsp3) is 0.312. The third-order valence-electron chi connectivity index (χ3n) is 3.51. The number of hydrogen-bond acceptors (Lipinski definition) is 4. The fourth-order valence-electron chi connectivity index (χ4n) is 2.42. The van der Waals surface area contributed by atoms with Crippen molar-refractivity contribution in [3.8, 4) is 11.1 Å². The van der Waals surface area contributed by atoms with E-state index in [-0.39, 0.29) is 0 Å². The number of imidazole rings is 1. The topological polar surface area (TPSA) is 52.8 Å². The Morgan fingerprint density at radius 2 is 2.24 bits per heavy atom. The molecule has 0 aliphatic rings. The highest BCUT2D eigenvalue weighted by molar-refractivity contribution is 5.80. The van der Waals surface area contributed by atoms with E-state index < -0.39 is 0 Å². The SMILES string of the molecule is CCc1nc2c(cc1-c1cccnc1)ncn2CCOC. The predicted molar refractivity (Wildman–Crippen MR) is 82.0 cm³/mol. The van der Waals surface area contributed by atoms with Crippen LogP contribution >= 0.6 is 0 Å². The Morgan fingerprint density at radius 3 is 2.95 bits per heavy atom. The predicted octanol–water partition coefficient (Wildman–Crippen LogP) is 2.70. The number of fused-ring (bicyclic) bond motifs is 1. The molecule has 0 fully saturated rings. The standard InChI is InChI=1S/C16H18N4O/c1-3-14-13(12-5-4-6-17-10-12)9-15-16(19-14)20(11-18-15)7-8-21-2/h4-6,9-11H,3,7-8H2,1-2H3. The summed E-state index contributed by atoms with van der Waals surface area (Å²) in [7, 11) is 1.70. The van der Waals surface area contributed by atoms with Crippen LogP contribution in [0.15, 0.2) is 36.9 Å². The average Bonchev–Trinajstić information content (AvgIpc) is 2.94. The molecule has 0 saturated carbocycles. The normalized spacial score (nSPS) is 11.1. The maximum Gasteiger partial charge on any atom is 0.160 e. The molecule has 3 heterocycles. The van der Waals surface area contributed by atoms with E-state index in [0.29, 0.717) is 6.61 Å². The Labute approximate surface area is 123 Å². The van der Waals surface area contributed by atoms with Gasteiger partial charge in [-0.3, -0.25) is 4.98 Å². The molecule has 0 amide bonds. The lowest BCUT2D eigenvalue weighted by Crippen LogP contribution is -2.04. The van der Waals surface area contributed by atoms with E-state index in [1.54, 1.807) is 13.3 Å². The van der Waals surface area contributed by atoms with Crippen LogP contribution in [0.1, 0.15) is 12.6 Å². The molecular weight excluding hydrogens is 264 g/mol. The molecule has 3 aromatic heterocycles. The molecule has 0 radical (unpaired) electrons. The van der Waals surface area contributed by atoms with E-state index in [9.17, 15) is 0 Å². The lowest BCUT2D eigenvalue weighted by Gasteiger charge is -2.09. The minimum Gasteiger partial charge on any atom is -0.383 e. The van der Waals surface area contributed by atoms with Gasteiger partial charge in [-0.15, -0.1) is 0 Å². The van der Waals surface area contributed by atoms with Gasteiger partial charge in [0.15, 0.2) is 5.65 Å². The van der Waals surface area contributed by atoms with Crippen molar-refractivity contribution in [2.45, 2.75) is 19.9 Å². The number of aromatic nitrogens is 4. The summed E-state index contributed by atoms with van der Waals surface area (Å²) in [4.78, 5) is 13.4. The lowest BCUT2D eigenvalue weighted by molar-refractivity contribution is 0.188. The van der Waals surface area contributed by atoms with Crippen molar-refractivity contribution < 1.29 is 4.74 Å². The number of pyridine rings is 2. The Kier molecular flexibility index (Phi) is 3.92. The van der Waals surface area contributed by atoms with E-state index in [4.69, 9.17) is 9.72 Å². The molecule has 0 bridgehead atoms. The third-order valence-corrected chi connectivity index (χ3v) is 3.51. The Balaban J connectivity index is 2.11. The van der Waals surface area contributed by atoms with Gasteiger partial charge in [0.25, 0.3) is 0 Å². The molecule has 5 nitrogen and oxygen atoms in total. The monoisotopic (exact) mass is 282 g/mol. The Hall–Kier alpha value is -2.27. The molecule has 0 saturated heterocycles. The molecule has 3 rings (SSSR count). The summed E-state index contributed by atoms with van der Waals surface area (Å²) in [5.74, 6) is 0. The van der Waals surface area contributed by atoms with E-state index in [1.807, 2.05) is 23.2 Å². The van der Waals surface area contributed by atoms with E-state index in [0.717, 1.165) is 41.0 Å². The minimum atomic E-state index is 0.652. The van der Waals surface area contributed by atoms with Gasteiger partial charge in [-0.25, -0.2) is 9.97 Å². The molecule has 0 unspecified atom stereocenters. The molecule has 3 aromatic rings. The number of methoxy groups -OCH3 is 1. The number of nitrogens with zero attached hydrogens (tertiary/aromatic N) is 4. The molecule has 0 aliphatic carbocycles. The fourth-order valence-corrected chi connectivity index (χ4v) is 2.42. The van der Waals surface area contributed by atoms with Gasteiger partial charge in [0, 0.05) is 37.2 Å². The molecule has 0 atom stereocenters. The van der Waals surface area contributed by atoms with Crippen LogP contribution in [0.2, 0.25) is 0 Å². The minimum absolute atomic E-state index is 0.652. The quantitative estimate of drug-likeness (QED) is 0.722. The van der Waals surface area contributed by atoms with Crippen LogP contribution < -0.4 is 0 Å². The zero-order valence-electron chi connectivity index (χ0n) is 12.3. The lowest BCUT2D eigenvalue weighted by atomic mass is 10.0. The van der Waals surface area contributed by atoms with Crippen LogP contribution in [0.4, 0.5) is 0 Å². The maximum atomic E-state index is 5.13. The molecule has 108 valence electrons. The first-order valence-corrected chi connectivity index (χ1v) is 7.07. The van der Waals surface area contributed by atoms with Crippen LogP contribution in [0.25, 0.3) is 22.3 Å². The second-order valence-corrected chi connectivity index (χ2v) is 4.85. The summed E-state index contributed by atoms with van der Waals surface area (Å²) >= 11 is 0. The van der Waals surface area contributed by atoms with Crippen molar-refractivity contribution in [3.63, 3.8) is 0 Å². The zero-order chi connectivity index (χ0) is 14.7. The van der Waals surface area contributed by atoms with Gasteiger partial charge in [-0.05, 0) is 18.6 Å². The number of ether oxygens (including phenoxy) is 1. The number of rotatable bonds is 5. The second-order valence-electron chi connectivity index (χ2n) is 4.85. The van der Waals surface area contributed by atoms with Gasteiger partial charge in [-0.1, -0.05) is 13.0 Å². The van der Waals surface area contributed by atoms with Crippen LogP contribution in [0.5, 0.6) is 0 Å². The average molecular weight is 282 g/mol. The van der Waals surface area contributed by atoms with E-state index in [1.165, 1.54) is 0 Å².